The summed E-state index contributed by atoms with van der Waals surface area (Å²) < 4.78 is 0. The first-order valence-electron chi connectivity index (χ1n) is 7.68. The van der Waals surface area contributed by atoms with E-state index in [1.54, 1.807) is 0 Å². The van der Waals surface area contributed by atoms with E-state index in [0.717, 1.165) is 18.4 Å². The molecular formula is C16H28N2S. The third kappa shape index (κ3) is 4.04. The summed E-state index contributed by atoms with van der Waals surface area (Å²) in [5.74, 6) is 0.767. The fourth-order valence-corrected chi connectivity index (χ4v) is 3.59. The normalized spacial score (nSPS) is 19.1. The van der Waals surface area contributed by atoms with Crippen LogP contribution in [0.2, 0.25) is 0 Å². The molecule has 108 valence electrons. The van der Waals surface area contributed by atoms with Crippen LogP contribution in [0.25, 0.3) is 0 Å². The van der Waals surface area contributed by atoms with Gasteiger partial charge in [0.2, 0.25) is 0 Å². The minimum Gasteiger partial charge on any atom is -0.326 e. The van der Waals surface area contributed by atoms with Crippen molar-refractivity contribution >= 4 is 11.3 Å². The van der Waals surface area contributed by atoms with Crippen molar-refractivity contribution in [1.82, 2.24) is 4.90 Å². The highest BCUT2D eigenvalue weighted by Gasteiger charge is 2.37. The highest BCUT2D eigenvalue weighted by Crippen LogP contribution is 2.38. The van der Waals surface area contributed by atoms with E-state index in [-0.39, 0.29) is 6.04 Å². The molecule has 0 aliphatic heterocycles. The van der Waals surface area contributed by atoms with Gasteiger partial charge >= 0.3 is 0 Å². The molecule has 1 aliphatic rings. The van der Waals surface area contributed by atoms with Gasteiger partial charge in [-0.1, -0.05) is 26.8 Å². The van der Waals surface area contributed by atoms with Gasteiger partial charge in [0.25, 0.3) is 0 Å². The SMILES string of the molecule is CCC(N)C(c1cccs1)N(CCC(C)C)C1CC1. The van der Waals surface area contributed by atoms with Crippen molar-refractivity contribution in [1.29, 1.82) is 0 Å². The zero-order chi connectivity index (χ0) is 13.8. The van der Waals surface area contributed by atoms with E-state index in [9.17, 15) is 0 Å². The molecule has 2 N–H and O–H groups in total. The lowest BCUT2D eigenvalue weighted by molar-refractivity contribution is 0.154. The Morgan fingerprint density at radius 1 is 1.42 bits per heavy atom. The van der Waals surface area contributed by atoms with Gasteiger partial charge in [-0.2, -0.15) is 0 Å². The molecular weight excluding hydrogens is 252 g/mol. The first kappa shape index (κ1) is 15.0. The van der Waals surface area contributed by atoms with Gasteiger partial charge in [-0.3, -0.25) is 4.90 Å². The first-order valence-corrected chi connectivity index (χ1v) is 8.56. The van der Waals surface area contributed by atoms with Crippen LogP contribution in [0, 0.1) is 5.92 Å². The van der Waals surface area contributed by atoms with Crippen LogP contribution in [-0.4, -0.2) is 23.5 Å². The van der Waals surface area contributed by atoms with Crippen LogP contribution in [-0.2, 0) is 0 Å². The second kappa shape index (κ2) is 6.87. The Balaban J connectivity index is 2.13. The second-order valence-corrected chi connectivity index (χ2v) is 7.16. The molecule has 0 spiro atoms. The Labute approximate surface area is 122 Å². The zero-order valence-electron chi connectivity index (χ0n) is 12.5. The Morgan fingerprint density at radius 3 is 2.63 bits per heavy atom. The number of nitrogens with zero attached hydrogens (tertiary/aromatic N) is 1. The summed E-state index contributed by atoms with van der Waals surface area (Å²) in [5, 5.41) is 2.18. The van der Waals surface area contributed by atoms with Crippen LogP contribution in [0.3, 0.4) is 0 Å². The van der Waals surface area contributed by atoms with Crippen LogP contribution in [0.15, 0.2) is 17.5 Å². The lowest BCUT2D eigenvalue weighted by Crippen LogP contribution is -2.42. The van der Waals surface area contributed by atoms with Crippen molar-refractivity contribution in [2.45, 2.75) is 64.6 Å². The van der Waals surface area contributed by atoms with Gasteiger partial charge in [-0.15, -0.1) is 11.3 Å². The molecule has 0 bridgehead atoms. The first-order chi connectivity index (χ1) is 9.13. The quantitative estimate of drug-likeness (QED) is 0.779. The van der Waals surface area contributed by atoms with Gasteiger partial charge in [-0.25, -0.2) is 0 Å². The van der Waals surface area contributed by atoms with Gasteiger partial charge in [0, 0.05) is 17.0 Å². The third-order valence-electron chi connectivity index (χ3n) is 4.05. The number of rotatable bonds is 8. The largest absolute Gasteiger partial charge is 0.326 e. The smallest absolute Gasteiger partial charge is 0.0595 e. The molecule has 0 amide bonds. The highest BCUT2D eigenvalue weighted by atomic mass is 32.1. The molecule has 1 saturated carbocycles. The molecule has 0 saturated heterocycles. The summed E-state index contributed by atoms with van der Waals surface area (Å²) in [4.78, 5) is 4.14. The van der Waals surface area contributed by atoms with E-state index in [1.807, 2.05) is 11.3 Å². The summed E-state index contributed by atoms with van der Waals surface area (Å²) in [6.07, 6.45) is 5.04. The van der Waals surface area contributed by atoms with Crippen molar-refractivity contribution < 1.29 is 0 Å². The Morgan fingerprint density at radius 2 is 2.16 bits per heavy atom. The molecule has 2 nitrogen and oxygen atoms in total. The average Bonchev–Trinajstić information content (AvgIpc) is 3.09. The van der Waals surface area contributed by atoms with E-state index in [4.69, 9.17) is 5.73 Å². The molecule has 1 aliphatic carbocycles. The topological polar surface area (TPSA) is 29.3 Å². The maximum atomic E-state index is 6.45. The van der Waals surface area contributed by atoms with Gasteiger partial charge in [0.1, 0.15) is 0 Å². The average molecular weight is 280 g/mol. The molecule has 0 radical (unpaired) electrons. The monoisotopic (exact) mass is 280 g/mol. The fourth-order valence-electron chi connectivity index (χ4n) is 2.67. The molecule has 3 heteroatoms. The fraction of sp³-hybridized carbons (Fsp3) is 0.750. The van der Waals surface area contributed by atoms with E-state index >= 15 is 0 Å². The van der Waals surface area contributed by atoms with Crippen molar-refractivity contribution in [3.8, 4) is 0 Å². The minimum atomic E-state index is 0.256. The molecule has 2 unspecified atom stereocenters. The van der Waals surface area contributed by atoms with E-state index in [0.29, 0.717) is 6.04 Å². The number of nitrogens with two attached hydrogens (primary N) is 1. The van der Waals surface area contributed by atoms with Gasteiger partial charge in [0.15, 0.2) is 0 Å². The van der Waals surface area contributed by atoms with E-state index in [2.05, 4.69) is 43.2 Å². The second-order valence-electron chi connectivity index (χ2n) is 6.18. The standard InChI is InChI=1S/C16H28N2S/c1-4-14(17)16(15-6-5-11-19-15)18(13-7-8-13)10-9-12(2)3/h5-6,11-14,16H,4,7-10,17H2,1-3H3. The summed E-state index contributed by atoms with van der Waals surface area (Å²) in [5.41, 5.74) is 6.45. The predicted molar refractivity (Wildman–Crippen MR) is 84.5 cm³/mol. The Hall–Kier alpha value is -0.380. The van der Waals surface area contributed by atoms with Crippen LogP contribution in [0.1, 0.15) is 57.4 Å². The highest BCUT2D eigenvalue weighted by molar-refractivity contribution is 7.10. The molecule has 19 heavy (non-hydrogen) atoms. The summed E-state index contributed by atoms with van der Waals surface area (Å²) in [6.45, 7) is 8.02. The van der Waals surface area contributed by atoms with Crippen molar-refractivity contribution in [3.05, 3.63) is 22.4 Å². The van der Waals surface area contributed by atoms with Crippen molar-refractivity contribution in [3.63, 3.8) is 0 Å². The van der Waals surface area contributed by atoms with E-state index < -0.39 is 0 Å². The zero-order valence-corrected chi connectivity index (χ0v) is 13.3. The molecule has 1 aromatic heterocycles. The molecule has 1 heterocycles. The summed E-state index contributed by atoms with van der Waals surface area (Å²) in [7, 11) is 0. The molecule has 1 aromatic rings. The van der Waals surface area contributed by atoms with Crippen molar-refractivity contribution in [2.24, 2.45) is 11.7 Å². The Kier molecular flexibility index (Phi) is 5.43. The van der Waals surface area contributed by atoms with Crippen LogP contribution >= 0.6 is 11.3 Å². The maximum absolute atomic E-state index is 6.45. The summed E-state index contributed by atoms with van der Waals surface area (Å²) in [6, 6.07) is 5.88. The Bertz CT molecular complexity index is 357. The van der Waals surface area contributed by atoms with Crippen LogP contribution in [0.4, 0.5) is 0 Å². The number of thiophene rings is 1. The third-order valence-corrected chi connectivity index (χ3v) is 4.99. The van der Waals surface area contributed by atoms with Crippen LogP contribution in [0.5, 0.6) is 0 Å². The molecule has 1 fully saturated rings. The van der Waals surface area contributed by atoms with Gasteiger partial charge in [-0.05, 0) is 49.6 Å². The molecule has 2 rings (SSSR count). The number of hydrogen-bond acceptors (Lipinski definition) is 3. The number of hydrogen-bond donors (Lipinski definition) is 1. The van der Waals surface area contributed by atoms with Gasteiger partial charge < -0.3 is 5.73 Å². The lowest BCUT2D eigenvalue weighted by Gasteiger charge is -2.35. The minimum absolute atomic E-state index is 0.256. The van der Waals surface area contributed by atoms with Gasteiger partial charge in [0.05, 0.1) is 6.04 Å². The molecule has 0 aromatic carbocycles. The molecule has 2 atom stereocenters. The van der Waals surface area contributed by atoms with Crippen LogP contribution < -0.4 is 5.73 Å². The maximum Gasteiger partial charge on any atom is 0.0595 e. The lowest BCUT2D eigenvalue weighted by atomic mass is 10.0. The van der Waals surface area contributed by atoms with Crippen molar-refractivity contribution in [2.75, 3.05) is 6.54 Å². The van der Waals surface area contributed by atoms with E-state index in [1.165, 1.54) is 30.7 Å². The summed E-state index contributed by atoms with van der Waals surface area (Å²) >= 11 is 1.86. The predicted octanol–water partition coefficient (Wildman–Crippen LogP) is 4.04.